The van der Waals surface area contributed by atoms with Gasteiger partial charge < -0.3 is 42.6 Å². The molecule has 0 aliphatic carbocycles. The summed E-state index contributed by atoms with van der Waals surface area (Å²) in [5.41, 5.74) is 15.1. The van der Waals surface area contributed by atoms with Crippen molar-refractivity contribution in [2.45, 2.75) is 108 Å². The molecule has 63 heavy (non-hydrogen) atoms. The first-order valence-electron chi connectivity index (χ1n) is 21.8. The molecule has 0 amide bonds. The van der Waals surface area contributed by atoms with Gasteiger partial charge in [0.15, 0.2) is 12.1 Å². The van der Waals surface area contributed by atoms with E-state index in [-0.39, 0.29) is 33.0 Å². The van der Waals surface area contributed by atoms with Crippen LogP contribution in [-0.2, 0) is 75.5 Å². The molecule has 0 spiro atoms. The first-order valence-corrected chi connectivity index (χ1v) is 21.8. The molecule has 332 valence electrons. The van der Waals surface area contributed by atoms with Crippen LogP contribution >= 0.6 is 0 Å². The molecule has 2 aliphatic heterocycles. The van der Waals surface area contributed by atoms with Gasteiger partial charge in [-0.1, -0.05) is 157 Å². The average Bonchev–Trinajstić information content (AvgIpc) is 3.63. The fourth-order valence-electron chi connectivity index (χ4n) is 7.88. The van der Waals surface area contributed by atoms with Crippen molar-refractivity contribution < 1.29 is 42.6 Å². The molecule has 12 heteroatoms. The van der Waals surface area contributed by atoms with Crippen LogP contribution < -0.4 is 0 Å². The van der Waals surface area contributed by atoms with Gasteiger partial charge in [-0.25, -0.2) is 0 Å². The molecule has 5 aromatic carbocycles. The summed E-state index contributed by atoms with van der Waals surface area (Å²) in [4.78, 5) is 3.22. The zero-order chi connectivity index (χ0) is 43.5. The second kappa shape index (κ2) is 24.2. The van der Waals surface area contributed by atoms with Crippen LogP contribution in [0.1, 0.15) is 48.1 Å². The van der Waals surface area contributed by atoms with E-state index in [4.69, 9.17) is 42.6 Å². The Labute approximate surface area is 370 Å². The first kappa shape index (κ1) is 46.1. The first-order chi connectivity index (χ1) is 30.9. The topological polar surface area (TPSA) is 132 Å². The number of benzene rings is 5. The molecule has 2 heterocycles. The van der Waals surface area contributed by atoms with Crippen molar-refractivity contribution in [1.29, 1.82) is 0 Å². The Balaban J connectivity index is 1.13. The second-order valence-corrected chi connectivity index (χ2v) is 16.2. The minimum atomic E-state index is -1.00. The maximum absolute atomic E-state index is 9.87. The van der Waals surface area contributed by atoms with Crippen LogP contribution in [0, 0.1) is 0 Å². The molecule has 0 bridgehead atoms. The highest BCUT2D eigenvalue weighted by Gasteiger charge is 2.50. The van der Waals surface area contributed by atoms with E-state index in [1.165, 1.54) is 5.56 Å². The van der Waals surface area contributed by atoms with E-state index >= 15 is 0 Å². The third-order valence-electron chi connectivity index (χ3n) is 11.0. The van der Waals surface area contributed by atoms with Crippen LogP contribution in [0.5, 0.6) is 0 Å². The van der Waals surface area contributed by atoms with Gasteiger partial charge >= 0.3 is 0 Å². The Morgan fingerprint density at radius 3 is 1.57 bits per heavy atom. The monoisotopic (exact) mass is 857 g/mol. The third kappa shape index (κ3) is 14.3. The van der Waals surface area contributed by atoms with E-state index in [1.54, 1.807) is 0 Å². The van der Waals surface area contributed by atoms with Crippen LogP contribution in [0.25, 0.3) is 10.4 Å². The van der Waals surface area contributed by atoms with Gasteiger partial charge in [0.05, 0.1) is 52.3 Å². The largest absolute Gasteiger partial charge is 0.379 e. The average molecular weight is 858 g/mol. The van der Waals surface area contributed by atoms with Crippen LogP contribution in [0.3, 0.4) is 0 Å². The number of aryl methyl sites for hydroxylation is 1. The summed E-state index contributed by atoms with van der Waals surface area (Å²) in [5, 5.41) is 4.20. The minimum absolute atomic E-state index is 0.0763. The molecule has 0 unspecified atom stereocenters. The van der Waals surface area contributed by atoms with E-state index in [0.717, 1.165) is 35.1 Å². The zero-order valence-electron chi connectivity index (χ0n) is 36.1. The van der Waals surface area contributed by atoms with Crippen molar-refractivity contribution in [1.82, 2.24) is 0 Å². The number of ether oxygens (including phenoxy) is 9. The van der Waals surface area contributed by atoms with Crippen LogP contribution in [0.15, 0.2) is 157 Å². The van der Waals surface area contributed by atoms with Gasteiger partial charge in [-0.15, -0.1) is 0 Å². The Bertz CT molecular complexity index is 2080. The second-order valence-electron chi connectivity index (χ2n) is 16.2. The highest BCUT2D eigenvalue weighted by atomic mass is 16.8. The Hall–Kier alpha value is -4.95. The van der Waals surface area contributed by atoms with Crippen LogP contribution in [0.4, 0.5) is 0 Å². The van der Waals surface area contributed by atoms with Crippen molar-refractivity contribution in [3.05, 3.63) is 190 Å². The van der Waals surface area contributed by atoms with Gasteiger partial charge in [0.2, 0.25) is 0 Å². The summed E-state index contributed by atoms with van der Waals surface area (Å²) < 4.78 is 59.3. The van der Waals surface area contributed by atoms with Gasteiger partial charge in [0.25, 0.3) is 0 Å². The Kier molecular flexibility index (Phi) is 17.7. The Morgan fingerprint density at radius 2 is 1.03 bits per heavy atom. The van der Waals surface area contributed by atoms with Crippen molar-refractivity contribution >= 4 is 0 Å². The molecule has 5 aromatic rings. The maximum atomic E-state index is 9.87. The molecular formula is C51H59N3O9. The molecule has 2 fully saturated rings. The van der Waals surface area contributed by atoms with Gasteiger partial charge in [-0.3, -0.25) is 0 Å². The maximum Gasteiger partial charge on any atom is 0.186 e. The third-order valence-corrected chi connectivity index (χ3v) is 11.0. The highest BCUT2D eigenvalue weighted by molar-refractivity contribution is 5.17. The number of azide groups is 1. The molecule has 7 rings (SSSR count). The van der Waals surface area contributed by atoms with Crippen molar-refractivity contribution in [2.75, 3.05) is 26.4 Å². The van der Waals surface area contributed by atoms with E-state index in [9.17, 15) is 5.53 Å². The lowest BCUT2D eigenvalue weighted by atomic mass is 9.97. The van der Waals surface area contributed by atoms with E-state index < -0.39 is 54.7 Å². The molecule has 12 nitrogen and oxygen atoms in total. The van der Waals surface area contributed by atoms with E-state index in [2.05, 4.69) is 22.2 Å². The number of nitrogens with zero attached hydrogens (tertiary/aromatic N) is 3. The quantitative estimate of drug-likeness (QED) is 0.0258. The van der Waals surface area contributed by atoms with Crippen molar-refractivity contribution in [3.63, 3.8) is 0 Å². The molecular weight excluding hydrogens is 799 g/mol. The summed E-state index contributed by atoms with van der Waals surface area (Å²) in [5.74, 6) is -0.949. The molecule has 0 N–H and O–H groups in total. The highest BCUT2D eigenvalue weighted by Crippen LogP contribution is 2.35. The minimum Gasteiger partial charge on any atom is -0.379 e. The van der Waals surface area contributed by atoms with E-state index in [0.29, 0.717) is 19.8 Å². The predicted molar refractivity (Wildman–Crippen MR) is 238 cm³/mol. The smallest absolute Gasteiger partial charge is 0.186 e. The molecule has 0 radical (unpaired) electrons. The number of hydrogen-bond donors (Lipinski definition) is 0. The summed E-state index contributed by atoms with van der Waals surface area (Å²) in [6.07, 6.45) is -3.25. The number of rotatable bonds is 24. The standard InChI is InChI=1S/C51H59N3O9/c1-51(2)62-45(37-55-30-18-29-38-19-8-3-9-20-38)46(63-51)43(53-54-52)35-60-50-49(59-34-42-27-16-7-17-28-42)48(58-33-41-25-14-6-15-26-41)47(57-32-40-23-12-5-13-24-40)44(61-50)36-56-31-39-21-10-4-11-22-39/h3-17,19-28,43-50H,18,29-37H2,1-2H3/t43-,44+,45+,46-,47-,48-,49+,50-/m0/s1. The molecule has 0 saturated carbocycles. The van der Waals surface area contributed by atoms with Gasteiger partial charge in [-0.05, 0) is 60.0 Å². The van der Waals surface area contributed by atoms with E-state index in [1.807, 2.05) is 153 Å². The van der Waals surface area contributed by atoms with Gasteiger partial charge in [-0.2, -0.15) is 0 Å². The van der Waals surface area contributed by atoms with Crippen LogP contribution in [-0.4, -0.2) is 81.2 Å². The SMILES string of the molecule is CC1(C)O[C@@H]([C@H](CO[C@H]2O[C@H](COCc3ccccc3)[C@H](OCc3ccccc3)[C@H](OCc3ccccc3)[C@H]2OCc2ccccc2)N=[N+]=[N-])[C@@H](COCCCc2ccccc2)O1. The lowest BCUT2D eigenvalue weighted by molar-refractivity contribution is -0.329. The summed E-state index contributed by atoms with van der Waals surface area (Å²) in [6.45, 7) is 5.75. The molecule has 0 aromatic heterocycles. The molecule has 8 atom stereocenters. The van der Waals surface area contributed by atoms with Gasteiger partial charge in [0.1, 0.15) is 36.6 Å². The predicted octanol–water partition coefficient (Wildman–Crippen LogP) is 9.55. The fourth-order valence-corrected chi connectivity index (χ4v) is 7.88. The summed E-state index contributed by atoms with van der Waals surface area (Å²) >= 11 is 0. The lowest BCUT2D eigenvalue weighted by Gasteiger charge is -2.46. The molecule has 2 aliphatic rings. The summed E-state index contributed by atoms with van der Waals surface area (Å²) in [6, 6.07) is 49.4. The van der Waals surface area contributed by atoms with Crippen molar-refractivity contribution in [3.8, 4) is 0 Å². The van der Waals surface area contributed by atoms with Crippen molar-refractivity contribution in [2.24, 2.45) is 5.11 Å². The number of hydrogen-bond acceptors (Lipinski definition) is 10. The lowest BCUT2D eigenvalue weighted by Crippen LogP contribution is -2.62. The fraction of sp³-hybridized carbons (Fsp3) is 0.412. The zero-order valence-corrected chi connectivity index (χ0v) is 36.1. The van der Waals surface area contributed by atoms with Gasteiger partial charge in [0, 0.05) is 11.5 Å². The summed E-state index contributed by atoms with van der Waals surface area (Å²) in [7, 11) is 0. The molecule has 2 saturated heterocycles. The van der Waals surface area contributed by atoms with Crippen LogP contribution in [0.2, 0.25) is 0 Å². The Morgan fingerprint density at radius 1 is 0.556 bits per heavy atom. The normalized spacial score (nSPS) is 23.5.